The van der Waals surface area contributed by atoms with Gasteiger partial charge in [-0.05, 0) is 115 Å². The number of benzene rings is 10. The van der Waals surface area contributed by atoms with Crippen LogP contribution < -0.4 is 4.90 Å². The second-order valence-electron chi connectivity index (χ2n) is 14.9. The molecule has 57 heavy (non-hydrogen) atoms. The molecule has 0 saturated carbocycles. The standard InChI is InChI=1S/C54H33NO2/c1-2-11-39-33-52-48(32-38(39)10-1)45-16-8-17-49(54(45)57-52)55(42-28-23-36(24-29-42)44-15-7-12-35-9-3-4-13-43(35)44)41-26-21-34(22-27-41)40-20-19-37-25-30-51-53(47(37)31-40)46-14-5-6-18-50(46)56-51/h1-33H. The zero-order chi connectivity index (χ0) is 37.5. The van der Waals surface area contributed by atoms with E-state index < -0.39 is 0 Å². The molecule has 0 aliphatic rings. The number of nitrogens with zero attached hydrogens (tertiary/aromatic N) is 1. The normalized spacial score (nSPS) is 11.9. The molecule has 0 radical (unpaired) electrons. The second-order valence-corrected chi connectivity index (χ2v) is 14.9. The number of rotatable bonds is 5. The van der Waals surface area contributed by atoms with Gasteiger partial charge in [-0.15, -0.1) is 0 Å². The largest absolute Gasteiger partial charge is 0.456 e. The molecule has 12 rings (SSSR count). The quantitative estimate of drug-likeness (QED) is 0.177. The molecule has 0 N–H and O–H groups in total. The van der Waals surface area contributed by atoms with Crippen LogP contribution in [0.4, 0.5) is 17.1 Å². The van der Waals surface area contributed by atoms with Crippen LogP contribution in [-0.4, -0.2) is 0 Å². The molecule has 12 aromatic rings. The van der Waals surface area contributed by atoms with E-state index >= 15 is 0 Å². The number of furan rings is 2. The summed E-state index contributed by atoms with van der Waals surface area (Å²) in [7, 11) is 0. The summed E-state index contributed by atoms with van der Waals surface area (Å²) in [6.07, 6.45) is 0. The van der Waals surface area contributed by atoms with Crippen LogP contribution in [0, 0.1) is 0 Å². The molecule has 0 bridgehead atoms. The average molecular weight is 728 g/mol. The van der Waals surface area contributed by atoms with Crippen LogP contribution in [0.25, 0.3) is 98.4 Å². The van der Waals surface area contributed by atoms with Crippen LogP contribution >= 0.6 is 0 Å². The summed E-state index contributed by atoms with van der Waals surface area (Å²) in [4.78, 5) is 2.32. The summed E-state index contributed by atoms with van der Waals surface area (Å²) in [6, 6.07) is 71.6. The van der Waals surface area contributed by atoms with Crippen molar-refractivity contribution in [3.63, 3.8) is 0 Å². The topological polar surface area (TPSA) is 29.5 Å². The van der Waals surface area contributed by atoms with Gasteiger partial charge in [0.15, 0.2) is 5.58 Å². The highest BCUT2D eigenvalue weighted by Gasteiger charge is 2.20. The van der Waals surface area contributed by atoms with E-state index in [1.165, 1.54) is 38.1 Å². The zero-order valence-electron chi connectivity index (χ0n) is 30.8. The van der Waals surface area contributed by atoms with Gasteiger partial charge in [0, 0.05) is 32.9 Å². The molecule has 3 heteroatoms. The van der Waals surface area contributed by atoms with Crippen LogP contribution in [0.15, 0.2) is 209 Å². The minimum atomic E-state index is 0.857. The fourth-order valence-electron chi connectivity index (χ4n) is 8.86. The maximum Gasteiger partial charge on any atom is 0.159 e. The van der Waals surface area contributed by atoms with Gasteiger partial charge in [0.2, 0.25) is 0 Å². The fourth-order valence-corrected chi connectivity index (χ4v) is 8.86. The van der Waals surface area contributed by atoms with Crippen LogP contribution in [0.5, 0.6) is 0 Å². The maximum atomic E-state index is 6.80. The summed E-state index contributed by atoms with van der Waals surface area (Å²) in [5, 5.41) is 11.7. The molecule has 0 atom stereocenters. The van der Waals surface area contributed by atoms with Crippen molar-refractivity contribution in [3.05, 3.63) is 200 Å². The molecule has 0 fully saturated rings. The van der Waals surface area contributed by atoms with E-state index in [1.54, 1.807) is 0 Å². The maximum absolute atomic E-state index is 6.80. The molecule has 0 aliphatic carbocycles. The Morgan fingerprint density at radius 1 is 0.316 bits per heavy atom. The van der Waals surface area contributed by atoms with Gasteiger partial charge in [-0.25, -0.2) is 0 Å². The molecule has 2 heterocycles. The van der Waals surface area contributed by atoms with E-state index in [-0.39, 0.29) is 0 Å². The molecular formula is C54H33NO2. The Morgan fingerprint density at radius 3 is 1.75 bits per heavy atom. The molecule has 2 aromatic heterocycles. The van der Waals surface area contributed by atoms with Crippen molar-refractivity contribution in [2.24, 2.45) is 0 Å². The molecule has 266 valence electrons. The van der Waals surface area contributed by atoms with Gasteiger partial charge in [0.1, 0.15) is 16.7 Å². The van der Waals surface area contributed by atoms with Crippen molar-refractivity contribution in [1.29, 1.82) is 0 Å². The van der Waals surface area contributed by atoms with Crippen molar-refractivity contribution >= 4 is 93.3 Å². The molecule has 0 spiro atoms. The van der Waals surface area contributed by atoms with Crippen LogP contribution in [0.2, 0.25) is 0 Å². The van der Waals surface area contributed by atoms with Gasteiger partial charge in [0.25, 0.3) is 0 Å². The Balaban J connectivity index is 1.01. The highest BCUT2D eigenvalue weighted by atomic mass is 16.3. The molecule has 3 nitrogen and oxygen atoms in total. The molecule has 0 amide bonds. The molecule has 10 aromatic carbocycles. The summed E-state index contributed by atoms with van der Waals surface area (Å²) < 4.78 is 13.0. The number of fused-ring (bicyclic) bond motifs is 10. The van der Waals surface area contributed by atoms with Gasteiger partial charge >= 0.3 is 0 Å². The third kappa shape index (κ3) is 5.06. The first-order valence-corrected chi connectivity index (χ1v) is 19.4. The minimum absolute atomic E-state index is 0.857. The van der Waals surface area contributed by atoms with Gasteiger partial charge in [-0.3, -0.25) is 0 Å². The lowest BCUT2D eigenvalue weighted by molar-refractivity contribution is 0.669. The van der Waals surface area contributed by atoms with E-state index in [0.29, 0.717) is 0 Å². The van der Waals surface area contributed by atoms with Gasteiger partial charge < -0.3 is 13.7 Å². The molecular weight excluding hydrogens is 695 g/mol. The smallest absolute Gasteiger partial charge is 0.159 e. The van der Waals surface area contributed by atoms with E-state index in [4.69, 9.17) is 8.83 Å². The highest BCUT2D eigenvalue weighted by Crippen LogP contribution is 2.44. The minimum Gasteiger partial charge on any atom is -0.456 e. The van der Waals surface area contributed by atoms with Crippen molar-refractivity contribution < 1.29 is 8.83 Å². The van der Waals surface area contributed by atoms with Crippen LogP contribution in [0.1, 0.15) is 0 Å². The Kier molecular flexibility index (Phi) is 6.93. The summed E-state index contributed by atoms with van der Waals surface area (Å²) in [5.74, 6) is 0. The third-order valence-corrected chi connectivity index (χ3v) is 11.6. The first-order chi connectivity index (χ1) is 28.2. The average Bonchev–Trinajstić information content (AvgIpc) is 3.84. The van der Waals surface area contributed by atoms with E-state index in [1.807, 2.05) is 12.1 Å². The predicted molar refractivity (Wildman–Crippen MR) is 239 cm³/mol. The van der Waals surface area contributed by atoms with E-state index in [2.05, 4.69) is 193 Å². The van der Waals surface area contributed by atoms with Gasteiger partial charge in [-0.1, -0.05) is 140 Å². The van der Waals surface area contributed by atoms with Crippen molar-refractivity contribution in [3.8, 4) is 22.3 Å². The van der Waals surface area contributed by atoms with Gasteiger partial charge in [0.05, 0.1) is 5.69 Å². The Morgan fingerprint density at radius 2 is 0.930 bits per heavy atom. The van der Waals surface area contributed by atoms with Crippen molar-refractivity contribution in [2.45, 2.75) is 0 Å². The van der Waals surface area contributed by atoms with Crippen molar-refractivity contribution in [2.75, 3.05) is 4.90 Å². The van der Waals surface area contributed by atoms with Crippen LogP contribution in [0.3, 0.4) is 0 Å². The Hall–Kier alpha value is -7.62. The lowest BCUT2D eigenvalue weighted by Gasteiger charge is -2.26. The third-order valence-electron chi connectivity index (χ3n) is 11.6. The molecule has 0 aliphatic heterocycles. The highest BCUT2D eigenvalue weighted by molar-refractivity contribution is 6.19. The number of para-hydroxylation sites is 2. The first kappa shape index (κ1) is 31.7. The molecule has 0 saturated heterocycles. The number of anilines is 3. The Bertz CT molecular complexity index is 3510. The zero-order valence-corrected chi connectivity index (χ0v) is 30.8. The SMILES string of the molecule is c1ccc2cc3c(cc2c1)oc1c(N(c2ccc(-c4ccc5ccc6oc7ccccc7c6c5c4)cc2)c2ccc(-c4cccc5ccccc45)cc2)cccc13. The first-order valence-electron chi connectivity index (χ1n) is 19.4. The van der Waals surface area contributed by atoms with Gasteiger partial charge in [-0.2, -0.15) is 0 Å². The summed E-state index contributed by atoms with van der Waals surface area (Å²) in [6.45, 7) is 0. The second kappa shape index (κ2) is 12.5. The summed E-state index contributed by atoms with van der Waals surface area (Å²) in [5.41, 5.74) is 11.3. The summed E-state index contributed by atoms with van der Waals surface area (Å²) >= 11 is 0. The van der Waals surface area contributed by atoms with E-state index in [9.17, 15) is 0 Å². The van der Waals surface area contributed by atoms with Crippen LogP contribution in [-0.2, 0) is 0 Å². The van der Waals surface area contributed by atoms with Crippen molar-refractivity contribution in [1.82, 2.24) is 0 Å². The Labute approximate surface area is 328 Å². The lowest BCUT2D eigenvalue weighted by atomic mass is 9.97. The number of hydrogen-bond acceptors (Lipinski definition) is 3. The predicted octanol–water partition coefficient (Wildman–Crippen LogP) is 15.7. The number of hydrogen-bond donors (Lipinski definition) is 0. The lowest BCUT2D eigenvalue weighted by Crippen LogP contribution is -2.10. The fraction of sp³-hybridized carbons (Fsp3) is 0. The molecule has 0 unspecified atom stereocenters. The monoisotopic (exact) mass is 727 g/mol. The van der Waals surface area contributed by atoms with E-state index in [0.717, 1.165) is 77.5 Å².